The third kappa shape index (κ3) is 1.93. The molecule has 0 spiro atoms. The first kappa shape index (κ1) is 6.96. The summed E-state index contributed by atoms with van der Waals surface area (Å²) in [5.74, 6) is 0. The van der Waals surface area contributed by atoms with Gasteiger partial charge in [-0.3, -0.25) is 0 Å². The summed E-state index contributed by atoms with van der Waals surface area (Å²) in [6.45, 7) is 0. The van der Waals surface area contributed by atoms with Crippen LogP contribution in [0.2, 0.25) is 0 Å². The molecule has 1 N–H and O–H groups in total. The second-order valence-corrected chi connectivity index (χ2v) is 1.94. The lowest BCUT2D eigenvalue weighted by Gasteiger charge is -1.91. The van der Waals surface area contributed by atoms with E-state index in [-0.39, 0.29) is 13.5 Å². The van der Waals surface area contributed by atoms with Crippen molar-refractivity contribution in [3.05, 3.63) is 0 Å². The summed E-state index contributed by atoms with van der Waals surface area (Å²) in [7, 11) is 0. The van der Waals surface area contributed by atoms with Gasteiger partial charge >= 0.3 is 0 Å². The van der Waals surface area contributed by atoms with E-state index in [0.29, 0.717) is 0 Å². The molecule has 0 amide bonds. The number of rotatable bonds is 0. The molecule has 0 unspecified atom stereocenters. The van der Waals surface area contributed by atoms with Crippen LogP contribution in [0.25, 0.3) is 0 Å². The molecule has 44 valence electrons. The average molecular weight is 102 g/mol. The van der Waals surface area contributed by atoms with Crippen LogP contribution in [0.1, 0.15) is 33.1 Å². The predicted octanol–water partition coefficient (Wildman–Crippen LogP) is 1.56. The minimum Gasteiger partial charge on any atom is -0.393 e. The normalized spacial score (nSPS) is 21.9. The van der Waals surface area contributed by atoms with Gasteiger partial charge in [-0.15, -0.1) is 0 Å². The standard InChI is InChI=1S/C5H10O.CH4/c6-5-3-1-2-4-5;/h5-6H,1-4H2;1H4. The molecule has 1 saturated carbocycles. The van der Waals surface area contributed by atoms with Crippen LogP contribution in [-0.2, 0) is 0 Å². The molecular weight excluding hydrogens is 88.1 g/mol. The number of aliphatic hydroxyl groups excluding tert-OH is 1. The second kappa shape index (κ2) is 3.03. The molecule has 0 radical (unpaired) electrons. The van der Waals surface area contributed by atoms with Gasteiger partial charge in [-0.05, 0) is 12.8 Å². The fourth-order valence-corrected chi connectivity index (χ4v) is 0.904. The highest BCUT2D eigenvalue weighted by atomic mass is 16.3. The molecule has 0 bridgehead atoms. The summed E-state index contributed by atoms with van der Waals surface area (Å²) in [6, 6.07) is 0. The Kier molecular flexibility index (Phi) is 3.01. The fraction of sp³-hybridized carbons (Fsp3) is 1.00. The molecule has 1 nitrogen and oxygen atoms in total. The minimum absolute atomic E-state index is 0. The Labute approximate surface area is 45.4 Å². The highest BCUT2D eigenvalue weighted by Crippen LogP contribution is 2.16. The van der Waals surface area contributed by atoms with Crippen molar-refractivity contribution in [2.45, 2.75) is 39.2 Å². The number of hydrogen-bond acceptors (Lipinski definition) is 1. The largest absolute Gasteiger partial charge is 0.393 e. The van der Waals surface area contributed by atoms with Crippen LogP contribution in [0.15, 0.2) is 0 Å². The van der Waals surface area contributed by atoms with Gasteiger partial charge < -0.3 is 5.11 Å². The van der Waals surface area contributed by atoms with Crippen molar-refractivity contribution in [2.75, 3.05) is 0 Å². The van der Waals surface area contributed by atoms with Crippen molar-refractivity contribution in [3.63, 3.8) is 0 Å². The van der Waals surface area contributed by atoms with Gasteiger partial charge in [0.15, 0.2) is 0 Å². The van der Waals surface area contributed by atoms with E-state index in [1.165, 1.54) is 12.8 Å². The maximum Gasteiger partial charge on any atom is 0.0540 e. The van der Waals surface area contributed by atoms with E-state index < -0.39 is 0 Å². The van der Waals surface area contributed by atoms with Crippen LogP contribution < -0.4 is 0 Å². The lowest BCUT2D eigenvalue weighted by Crippen LogP contribution is -1.94. The molecule has 1 aliphatic carbocycles. The molecule has 1 heteroatoms. The molecule has 0 atom stereocenters. The van der Waals surface area contributed by atoms with Crippen molar-refractivity contribution in [1.82, 2.24) is 0 Å². The van der Waals surface area contributed by atoms with Gasteiger partial charge in [-0.1, -0.05) is 20.3 Å². The summed E-state index contributed by atoms with van der Waals surface area (Å²) in [5, 5.41) is 8.73. The molecule has 0 saturated heterocycles. The van der Waals surface area contributed by atoms with Gasteiger partial charge in [0.05, 0.1) is 6.10 Å². The summed E-state index contributed by atoms with van der Waals surface area (Å²) >= 11 is 0. The zero-order chi connectivity index (χ0) is 4.41. The Balaban J connectivity index is 0.000000360. The maximum atomic E-state index is 8.73. The highest BCUT2D eigenvalue weighted by molar-refractivity contribution is 4.63. The Morgan fingerprint density at radius 2 is 1.57 bits per heavy atom. The van der Waals surface area contributed by atoms with Gasteiger partial charge in [0.25, 0.3) is 0 Å². The Hall–Kier alpha value is -0.0400. The molecule has 1 aliphatic rings. The molecular formula is C6H14O. The van der Waals surface area contributed by atoms with E-state index in [9.17, 15) is 0 Å². The van der Waals surface area contributed by atoms with E-state index in [2.05, 4.69) is 0 Å². The first-order valence-corrected chi connectivity index (χ1v) is 2.57. The second-order valence-electron chi connectivity index (χ2n) is 1.94. The molecule has 0 aromatic carbocycles. The van der Waals surface area contributed by atoms with Crippen LogP contribution >= 0.6 is 0 Å². The van der Waals surface area contributed by atoms with Crippen molar-refractivity contribution >= 4 is 0 Å². The highest BCUT2D eigenvalue weighted by Gasteiger charge is 2.09. The van der Waals surface area contributed by atoms with Gasteiger partial charge in [-0.2, -0.15) is 0 Å². The summed E-state index contributed by atoms with van der Waals surface area (Å²) in [5.41, 5.74) is 0. The van der Waals surface area contributed by atoms with Crippen molar-refractivity contribution in [2.24, 2.45) is 0 Å². The van der Waals surface area contributed by atoms with Crippen LogP contribution in [0, 0.1) is 0 Å². The van der Waals surface area contributed by atoms with E-state index >= 15 is 0 Å². The monoisotopic (exact) mass is 102 g/mol. The van der Waals surface area contributed by atoms with Crippen LogP contribution in [-0.4, -0.2) is 11.2 Å². The van der Waals surface area contributed by atoms with Gasteiger partial charge in [-0.25, -0.2) is 0 Å². The Morgan fingerprint density at radius 1 is 1.14 bits per heavy atom. The number of aliphatic hydroxyl groups is 1. The van der Waals surface area contributed by atoms with E-state index in [1.807, 2.05) is 0 Å². The first-order chi connectivity index (χ1) is 2.89. The van der Waals surface area contributed by atoms with Gasteiger partial charge in [0, 0.05) is 0 Å². The minimum atomic E-state index is 0. The van der Waals surface area contributed by atoms with Crippen LogP contribution in [0.5, 0.6) is 0 Å². The molecule has 1 rings (SSSR count). The zero-order valence-electron chi connectivity index (χ0n) is 3.85. The number of hydrogen-bond donors (Lipinski definition) is 1. The lowest BCUT2D eigenvalue weighted by atomic mass is 10.3. The van der Waals surface area contributed by atoms with Gasteiger partial charge in [0.1, 0.15) is 0 Å². The van der Waals surface area contributed by atoms with Gasteiger partial charge in [0.2, 0.25) is 0 Å². The first-order valence-electron chi connectivity index (χ1n) is 2.57. The summed E-state index contributed by atoms with van der Waals surface area (Å²) in [4.78, 5) is 0. The SMILES string of the molecule is C.OC1CCCC1. The maximum absolute atomic E-state index is 8.73. The Morgan fingerprint density at radius 3 is 1.71 bits per heavy atom. The molecule has 7 heavy (non-hydrogen) atoms. The third-order valence-electron chi connectivity index (χ3n) is 1.32. The molecule has 0 heterocycles. The third-order valence-corrected chi connectivity index (χ3v) is 1.32. The topological polar surface area (TPSA) is 20.2 Å². The summed E-state index contributed by atoms with van der Waals surface area (Å²) < 4.78 is 0. The molecule has 0 aliphatic heterocycles. The van der Waals surface area contributed by atoms with E-state index in [0.717, 1.165) is 12.8 Å². The molecule has 0 aromatic heterocycles. The average Bonchev–Trinajstić information content (AvgIpc) is 1.86. The van der Waals surface area contributed by atoms with E-state index in [4.69, 9.17) is 5.11 Å². The Bertz CT molecular complexity index is 37.4. The van der Waals surface area contributed by atoms with Crippen LogP contribution in [0.3, 0.4) is 0 Å². The van der Waals surface area contributed by atoms with Crippen molar-refractivity contribution in [3.8, 4) is 0 Å². The van der Waals surface area contributed by atoms with Crippen molar-refractivity contribution in [1.29, 1.82) is 0 Å². The van der Waals surface area contributed by atoms with Crippen LogP contribution in [0.4, 0.5) is 0 Å². The molecule has 1 fully saturated rings. The van der Waals surface area contributed by atoms with Crippen molar-refractivity contribution < 1.29 is 5.11 Å². The van der Waals surface area contributed by atoms with E-state index in [1.54, 1.807) is 0 Å². The fourth-order valence-electron chi connectivity index (χ4n) is 0.904. The predicted molar refractivity (Wildman–Crippen MR) is 31.2 cm³/mol. The molecule has 0 aromatic rings. The quantitative estimate of drug-likeness (QED) is 0.492. The summed E-state index contributed by atoms with van der Waals surface area (Å²) in [6.07, 6.45) is 4.60. The lowest BCUT2D eigenvalue weighted by molar-refractivity contribution is 0.183. The zero-order valence-corrected chi connectivity index (χ0v) is 3.85. The smallest absolute Gasteiger partial charge is 0.0540 e.